The van der Waals surface area contributed by atoms with E-state index in [-0.39, 0.29) is 24.6 Å². The molecule has 1 aliphatic carbocycles. The van der Waals surface area contributed by atoms with Crippen LogP contribution in [0.3, 0.4) is 0 Å². The number of carbonyl (C=O) groups excluding carboxylic acids is 1. The molecule has 5 heterocycles. The van der Waals surface area contributed by atoms with Crippen LogP contribution in [0.1, 0.15) is 61.3 Å². The molecule has 2 aliphatic heterocycles. The molecule has 0 spiro atoms. The first-order valence-electron chi connectivity index (χ1n) is 14.1. The summed E-state index contributed by atoms with van der Waals surface area (Å²) in [6.07, 6.45) is 11.5. The van der Waals surface area contributed by atoms with E-state index in [1.807, 2.05) is 17.2 Å². The maximum atomic E-state index is 14.5. The first-order chi connectivity index (χ1) is 19.1. The molecular weight excluding hydrogens is 560 g/mol. The van der Waals surface area contributed by atoms with Crippen LogP contribution >= 0.6 is 0 Å². The zero-order valence-corrected chi connectivity index (χ0v) is 24.2. The molecule has 2 atom stereocenters. The third-order valence-electron chi connectivity index (χ3n) is 8.27. The summed E-state index contributed by atoms with van der Waals surface area (Å²) in [5.74, 6) is 0.558. The third kappa shape index (κ3) is 5.83. The van der Waals surface area contributed by atoms with Crippen molar-refractivity contribution in [3.63, 3.8) is 0 Å². The molecule has 0 unspecified atom stereocenters. The van der Waals surface area contributed by atoms with Gasteiger partial charge in [0.1, 0.15) is 0 Å². The van der Waals surface area contributed by atoms with Gasteiger partial charge in [-0.05, 0) is 0 Å². The Morgan fingerprint density at radius 2 is 1.97 bits per heavy atom. The number of pyridine rings is 1. The second-order valence-corrected chi connectivity index (χ2v) is 13.2. The van der Waals surface area contributed by atoms with Crippen molar-refractivity contribution in [2.75, 3.05) is 38.2 Å². The van der Waals surface area contributed by atoms with E-state index < -0.39 is 21.9 Å². The van der Waals surface area contributed by atoms with E-state index in [2.05, 4.69) is 32.4 Å². The monoisotopic (exact) mass is 596 g/mol. The average molecular weight is 597 g/mol. The molecule has 2 N–H and O–H groups in total. The van der Waals surface area contributed by atoms with Crippen LogP contribution in [0.25, 0.3) is 10.9 Å². The normalized spacial score (nSPS) is 23.3. The third-order valence-corrected chi connectivity index (χ3v) is 10.3. The summed E-state index contributed by atoms with van der Waals surface area (Å²) in [4.78, 5) is 29.3. The summed E-state index contributed by atoms with van der Waals surface area (Å²) in [6, 6.07) is 4.70. The van der Waals surface area contributed by atoms with Gasteiger partial charge < -0.3 is 0 Å². The maximum absolute atomic E-state index is 14.5. The molecule has 1 saturated carbocycles. The van der Waals surface area contributed by atoms with Gasteiger partial charge in [0, 0.05) is 0 Å². The average Bonchev–Trinajstić information content (AvgIpc) is 3.62. The van der Waals surface area contributed by atoms with Gasteiger partial charge in [0.15, 0.2) is 0 Å². The van der Waals surface area contributed by atoms with Crippen molar-refractivity contribution in [3.05, 3.63) is 36.3 Å². The Kier molecular flexibility index (Phi) is 8.14. The Bertz CT molecular complexity index is 1310. The van der Waals surface area contributed by atoms with Gasteiger partial charge >= 0.3 is 235 Å². The van der Waals surface area contributed by atoms with Crippen molar-refractivity contribution in [3.8, 4) is 0 Å². The fourth-order valence-electron chi connectivity index (χ4n) is 6.09. The van der Waals surface area contributed by atoms with Crippen LogP contribution in [-0.2, 0) is 4.74 Å². The Hall–Kier alpha value is -2.55. The minimum absolute atomic E-state index is 0.00434. The number of fused-ring (bicyclic) bond motifs is 1. The standard InChI is InChI=1S/C28H36AsFN7O2/c1-39-24-9-13-36(17-22(24)30)28-32-12-8-25(35-28)29-26-14-23-20(15-33-26)21(16-37(23)19-4-2-3-5-19)27(38)34-18-6-10-31-11-7-18/h8,12,14-16,18-19,22,24,31H,2-7,9-11,13,17H2,1H3,(H,34,38)/t22-,24+/m1/s1. The number of halogens is 1. The van der Waals surface area contributed by atoms with E-state index in [0.717, 1.165) is 64.2 Å². The molecule has 3 aromatic rings. The Morgan fingerprint density at radius 1 is 1.15 bits per heavy atom. The van der Waals surface area contributed by atoms with Gasteiger partial charge in [-0.2, -0.15) is 0 Å². The number of ether oxygens (including phenoxy) is 1. The molecule has 3 fully saturated rings. The zero-order chi connectivity index (χ0) is 26.8. The zero-order valence-electron chi connectivity index (χ0n) is 22.4. The Labute approximate surface area is 235 Å². The number of methoxy groups -OCH3 is 1. The summed E-state index contributed by atoms with van der Waals surface area (Å²) in [5, 5.41) is 7.53. The number of carbonyl (C=O) groups is 1. The van der Waals surface area contributed by atoms with Crippen molar-refractivity contribution in [1.82, 2.24) is 30.2 Å². The molecule has 2 saturated heterocycles. The molecule has 6 rings (SSSR count). The fraction of sp³-hybridized carbons (Fsp3) is 0.571. The summed E-state index contributed by atoms with van der Waals surface area (Å²) in [6.45, 7) is 2.78. The SMILES string of the molecule is CO[C@H]1CCN(c2nccc([As]c3cc4c(cn3)c(C(=O)NC3CCNCC3)cn4C3CCCC3)n2)C[C@H]1F. The number of aromatic nitrogens is 4. The van der Waals surface area contributed by atoms with Crippen LogP contribution in [0.15, 0.2) is 30.7 Å². The number of piperidine rings is 2. The number of anilines is 1. The van der Waals surface area contributed by atoms with Crippen LogP contribution in [0, 0.1) is 0 Å². The predicted octanol–water partition coefficient (Wildman–Crippen LogP) is 1.64. The minimum atomic E-state index is -1.06. The van der Waals surface area contributed by atoms with E-state index >= 15 is 0 Å². The van der Waals surface area contributed by atoms with Crippen molar-refractivity contribution in [2.45, 2.75) is 69.3 Å². The number of alkyl halides is 1. The summed E-state index contributed by atoms with van der Waals surface area (Å²) in [7, 11) is 1.56. The van der Waals surface area contributed by atoms with E-state index in [1.54, 1.807) is 13.3 Å². The molecule has 9 nitrogen and oxygen atoms in total. The topological polar surface area (TPSA) is 97.2 Å². The van der Waals surface area contributed by atoms with Gasteiger partial charge in [0.05, 0.1) is 0 Å². The summed E-state index contributed by atoms with van der Waals surface area (Å²) in [5.41, 5.74) is 1.80. The number of rotatable bonds is 7. The molecule has 0 bridgehead atoms. The molecule has 3 aromatic heterocycles. The van der Waals surface area contributed by atoms with Crippen molar-refractivity contribution in [2.24, 2.45) is 0 Å². The van der Waals surface area contributed by atoms with Crippen LogP contribution in [0.2, 0.25) is 0 Å². The number of nitrogens with zero attached hydrogens (tertiary/aromatic N) is 5. The van der Waals surface area contributed by atoms with Crippen molar-refractivity contribution >= 4 is 47.5 Å². The molecule has 11 heteroatoms. The quantitative estimate of drug-likeness (QED) is 0.401. The van der Waals surface area contributed by atoms with Gasteiger partial charge in [0.2, 0.25) is 0 Å². The van der Waals surface area contributed by atoms with Crippen LogP contribution < -0.4 is 24.5 Å². The summed E-state index contributed by atoms with van der Waals surface area (Å²) < 4.78 is 24.0. The Morgan fingerprint density at radius 3 is 2.74 bits per heavy atom. The molecule has 3 aliphatic rings. The van der Waals surface area contributed by atoms with Gasteiger partial charge in [-0.15, -0.1) is 0 Å². The number of hydrogen-bond acceptors (Lipinski definition) is 7. The molecule has 1 amide bonds. The molecule has 0 aromatic carbocycles. The van der Waals surface area contributed by atoms with Crippen LogP contribution in [0.5, 0.6) is 0 Å². The van der Waals surface area contributed by atoms with Gasteiger partial charge in [0.25, 0.3) is 0 Å². The molecule has 1 radical (unpaired) electrons. The van der Waals surface area contributed by atoms with Gasteiger partial charge in [-0.25, -0.2) is 0 Å². The number of hydrogen-bond donors (Lipinski definition) is 2. The second kappa shape index (κ2) is 11.9. The fourth-order valence-corrected chi connectivity index (χ4v) is 7.81. The van der Waals surface area contributed by atoms with Gasteiger partial charge in [-0.1, -0.05) is 0 Å². The first kappa shape index (κ1) is 26.7. The van der Waals surface area contributed by atoms with E-state index in [4.69, 9.17) is 14.7 Å². The van der Waals surface area contributed by atoms with Gasteiger partial charge in [-0.3, -0.25) is 0 Å². The second-order valence-electron chi connectivity index (χ2n) is 10.8. The number of amides is 1. The van der Waals surface area contributed by atoms with Crippen molar-refractivity contribution in [1.29, 1.82) is 0 Å². The van der Waals surface area contributed by atoms with E-state index in [9.17, 15) is 9.18 Å². The van der Waals surface area contributed by atoms with E-state index in [1.165, 1.54) is 12.8 Å². The molecule has 39 heavy (non-hydrogen) atoms. The number of nitrogens with one attached hydrogen (secondary N) is 2. The van der Waals surface area contributed by atoms with Crippen LogP contribution in [-0.4, -0.2) is 92.8 Å². The summed E-state index contributed by atoms with van der Waals surface area (Å²) >= 11 is -0.504. The molecular formula is C28H36AsFN7O2. The van der Waals surface area contributed by atoms with E-state index in [0.29, 0.717) is 25.0 Å². The van der Waals surface area contributed by atoms with Crippen molar-refractivity contribution < 1.29 is 13.9 Å². The Balaban J connectivity index is 1.25. The predicted molar refractivity (Wildman–Crippen MR) is 150 cm³/mol. The van der Waals surface area contributed by atoms with Crippen LogP contribution in [0.4, 0.5) is 10.3 Å². The molecule has 207 valence electrons. The first-order valence-corrected chi connectivity index (χ1v) is 16.0.